The molecule has 0 radical (unpaired) electrons. The maximum atomic E-state index is 10.7. The van der Waals surface area contributed by atoms with E-state index in [1.165, 1.54) is 0 Å². The van der Waals surface area contributed by atoms with E-state index >= 15 is 0 Å². The van der Waals surface area contributed by atoms with E-state index in [2.05, 4.69) is 6.58 Å². The van der Waals surface area contributed by atoms with E-state index in [1.54, 1.807) is 0 Å². The third kappa shape index (κ3) is 0.443. The standard InChI is InChI=1S/C7H10O/c1-4-5(2)7(8)6(4)3/h4,6H,2H2,1,3H3. The fourth-order valence-corrected chi connectivity index (χ4v) is 0.949. The zero-order valence-corrected chi connectivity index (χ0v) is 5.27. The van der Waals surface area contributed by atoms with Gasteiger partial charge >= 0.3 is 0 Å². The molecule has 0 spiro atoms. The number of rotatable bonds is 0. The van der Waals surface area contributed by atoms with Gasteiger partial charge in [-0.3, -0.25) is 4.79 Å². The monoisotopic (exact) mass is 110 g/mol. The third-order valence-electron chi connectivity index (χ3n) is 2.03. The highest BCUT2D eigenvalue weighted by atomic mass is 16.1. The fourth-order valence-electron chi connectivity index (χ4n) is 0.949. The lowest BCUT2D eigenvalue weighted by Gasteiger charge is -2.31. The highest BCUT2D eigenvalue weighted by Crippen LogP contribution is 2.33. The maximum Gasteiger partial charge on any atom is 0.161 e. The summed E-state index contributed by atoms with van der Waals surface area (Å²) >= 11 is 0. The summed E-state index contributed by atoms with van der Waals surface area (Å²) in [5.41, 5.74) is 0.803. The van der Waals surface area contributed by atoms with E-state index in [0.29, 0.717) is 5.92 Å². The van der Waals surface area contributed by atoms with Gasteiger partial charge in [-0.2, -0.15) is 0 Å². The van der Waals surface area contributed by atoms with Crippen molar-refractivity contribution in [2.24, 2.45) is 11.8 Å². The fraction of sp³-hybridized carbons (Fsp3) is 0.571. The van der Waals surface area contributed by atoms with Crippen LogP contribution in [0.5, 0.6) is 0 Å². The highest BCUT2D eigenvalue weighted by molar-refractivity contribution is 6.03. The Morgan fingerprint density at radius 1 is 1.38 bits per heavy atom. The first-order chi connectivity index (χ1) is 3.64. The topological polar surface area (TPSA) is 17.1 Å². The summed E-state index contributed by atoms with van der Waals surface area (Å²) in [7, 11) is 0. The van der Waals surface area contributed by atoms with E-state index in [1.807, 2.05) is 13.8 Å². The minimum atomic E-state index is 0.238. The summed E-state index contributed by atoms with van der Waals surface area (Å²) in [5, 5.41) is 0. The van der Waals surface area contributed by atoms with Crippen LogP contribution in [0.25, 0.3) is 0 Å². The molecule has 0 amide bonds. The number of allylic oxidation sites excluding steroid dienone is 1. The minimum absolute atomic E-state index is 0.238. The molecular formula is C7H10O. The summed E-state index contributed by atoms with van der Waals surface area (Å²) in [4.78, 5) is 10.7. The molecule has 1 aliphatic rings. The first kappa shape index (κ1) is 5.54. The van der Waals surface area contributed by atoms with Crippen LogP contribution in [-0.4, -0.2) is 5.78 Å². The van der Waals surface area contributed by atoms with Crippen LogP contribution in [0.3, 0.4) is 0 Å². The average Bonchev–Trinajstić information content (AvgIpc) is 1.83. The van der Waals surface area contributed by atoms with E-state index in [4.69, 9.17) is 0 Å². The first-order valence-corrected chi connectivity index (χ1v) is 2.87. The second-order valence-electron chi connectivity index (χ2n) is 2.47. The Morgan fingerprint density at radius 3 is 2.00 bits per heavy atom. The zero-order valence-electron chi connectivity index (χ0n) is 5.27. The summed E-state index contributed by atoms with van der Waals surface area (Å²) in [6, 6.07) is 0. The lowest BCUT2D eigenvalue weighted by Crippen LogP contribution is -2.35. The van der Waals surface area contributed by atoms with Crippen LogP contribution in [0.2, 0.25) is 0 Å². The van der Waals surface area contributed by atoms with Crippen molar-refractivity contribution in [3.63, 3.8) is 0 Å². The van der Waals surface area contributed by atoms with Gasteiger partial charge in [-0.25, -0.2) is 0 Å². The second-order valence-corrected chi connectivity index (χ2v) is 2.47. The van der Waals surface area contributed by atoms with Gasteiger partial charge in [0.15, 0.2) is 5.78 Å². The first-order valence-electron chi connectivity index (χ1n) is 2.87. The Balaban J connectivity index is 2.68. The molecular weight excluding hydrogens is 100 g/mol. The van der Waals surface area contributed by atoms with E-state index < -0.39 is 0 Å². The molecule has 0 bridgehead atoms. The van der Waals surface area contributed by atoms with Crippen LogP contribution >= 0.6 is 0 Å². The van der Waals surface area contributed by atoms with Crippen molar-refractivity contribution >= 4 is 5.78 Å². The van der Waals surface area contributed by atoms with Gasteiger partial charge in [-0.05, 0) is 11.5 Å². The molecule has 0 heterocycles. The van der Waals surface area contributed by atoms with Gasteiger partial charge in [0.25, 0.3) is 0 Å². The summed E-state index contributed by atoms with van der Waals surface area (Å²) in [6.07, 6.45) is 0. The normalized spacial score (nSPS) is 37.2. The number of ketones is 1. The number of hydrogen-bond acceptors (Lipinski definition) is 1. The van der Waals surface area contributed by atoms with Crippen molar-refractivity contribution in [1.82, 2.24) is 0 Å². The van der Waals surface area contributed by atoms with Gasteiger partial charge in [0, 0.05) is 5.92 Å². The largest absolute Gasteiger partial charge is 0.294 e. The molecule has 2 unspecified atom stereocenters. The van der Waals surface area contributed by atoms with Crippen LogP contribution in [0.4, 0.5) is 0 Å². The quantitative estimate of drug-likeness (QED) is 0.431. The molecule has 2 atom stereocenters. The molecule has 0 N–H and O–H groups in total. The van der Waals surface area contributed by atoms with Gasteiger partial charge in [-0.15, -0.1) is 0 Å². The molecule has 1 rings (SSSR count). The number of Topliss-reactive ketones (excluding diaryl/α,β-unsaturated/α-hetero) is 1. The molecule has 1 fully saturated rings. The number of hydrogen-bond donors (Lipinski definition) is 0. The zero-order chi connectivity index (χ0) is 6.31. The van der Waals surface area contributed by atoms with Crippen molar-refractivity contribution in [3.05, 3.63) is 12.2 Å². The van der Waals surface area contributed by atoms with E-state index in [0.717, 1.165) is 5.57 Å². The Hall–Kier alpha value is -0.590. The number of carbonyl (C=O) groups is 1. The number of carbonyl (C=O) groups excluding carboxylic acids is 1. The Bertz CT molecular complexity index is 128. The van der Waals surface area contributed by atoms with Crippen molar-refractivity contribution in [1.29, 1.82) is 0 Å². The second kappa shape index (κ2) is 1.44. The molecule has 0 aliphatic heterocycles. The minimum Gasteiger partial charge on any atom is -0.294 e. The summed E-state index contributed by atoms with van der Waals surface area (Å²) in [6.45, 7) is 7.61. The predicted molar refractivity (Wildman–Crippen MR) is 32.5 cm³/mol. The molecule has 0 aromatic rings. The molecule has 44 valence electrons. The SMILES string of the molecule is C=C1C(=O)C(C)C1C. The van der Waals surface area contributed by atoms with E-state index in [-0.39, 0.29) is 11.7 Å². The van der Waals surface area contributed by atoms with Gasteiger partial charge in [0.05, 0.1) is 0 Å². The van der Waals surface area contributed by atoms with Gasteiger partial charge in [0.1, 0.15) is 0 Å². The van der Waals surface area contributed by atoms with Crippen LogP contribution < -0.4 is 0 Å². The third-order valence-corrected chi connectivity index (χ3v) is 2.03. The van der Waals surface area contributed by atoms with Gasteiger partial charge in [-0.1, -0.05) is 20.4 Å². The van der Waals surface area contributed by atoms with E-state index in [9.17, 15) is 4.79 Å². The van der Waals surface area contributed by atoms with Crippen LogP contribution in [0, 0.1) is 11.8 Å². The van der Waals surface area contributed by atoms with Crippen LogP contribution in [-0.2, 0) is 4.79 Å². The smallest absolute Gasteiger partial charge is 0.161 e. The van der Waals surface area contributed by atoms with Crippen molar-refractivity contribution in [3.8, 4) is 0 Å². The average molecular weight is 110 g/mol. The van der Waals surface area contributed by atoms with Crippen molar-refractivity contribution < 1.29 is 4.79 Å². The lowest BCUT2D eigenvalue weighted by molar-refractivity contribution is -0.125. The Labute approximate surface area is 49.4 Å². The molecule has 1 saturated carbocycles. The molecule has 8 heavy (non-hydrogen) atoms. The molecule has 1 nitrogen and oxygen atoms in total. The highest BCUT2D eigenvalue weighted by Gasteiger charge is 2.36. The Morgan fingerprint density at radius 2 is 1.88 bits per heavy atom. The molecule has 0 aromatic heterocycles. The van der Waals surface area contributed by atoms with Crippen molar-refractivity contribution in [2.45, 2.75) is 13.8 Å². The lowest BCUT2D eigenvalue weighted by atomic mass is 9.71. The Kier molecular flexibility index (Phi) is 0.999. The molecule has 0 aromatic carbocycles. The van der Waals surface area contributed by atoms with Crippen molar-refractivity contribution in [2.75, 3.05) is 0 Å². The molecule has 1 heteroatoms. The van der Waals surface area contributed by atoms with Crippen LogP contribution in [0.1, 0.15) is 13.8 Å². The predicted octanol–water partition coefficient (Wildman–Crippen LogP) is 1.40. The van der Waals surface area contributed by atoms with Gasteiger partial charge in [0.2, 0.25) is 0 Å². The summed E-state index contributed by atoms with van der Waals surface area (Å²) < 4.78 is 0. The molecule has 1 aliphatic carbocycles. The maximum absolute atomic E-state index is 10.7. The van der Waals surface area contributed by atoms with Gasteiger partial charge < -0.3 is 0 Å². The summed E-state index contributed by atoms with van der Waals surface area (Å²) in [5.74, 6) is 0.919. The molecule has 0 saturated heterocycles. The van der Waals surface area contributed by atoms with Crippen LogP contribution in [0.15, 0.2) is 12.2 Å².